The predicted octanol–water partition coefficient (Wildman–Crippen LogP) is 13.0. The van der Waals surface area contributed by atoms with E-state index >= 15 is 0 Å². The van der Waals surface area contributed by atoms with E-state index in [-0.39, 0.29) is 19.4 Å². The molecule has 0 aliphatic heterocycles. The number of esters is 2. The molecule has 8 nitrogen and oxygen atoms in total. The first kappa shape index (κ1) is 50.3. The first-order valence-corrected chi connectivity index (χ1v) is 22.8. The van der Waals surface area contributed by atoms with E-state index in [2.05, 4.69) is 54.8 Å². The highest BCUT2D eigenvalue weighted by molar-refractivity contribution is 7.46. The Balaban J connectivity index is 3.92. The van der Waals surface area contributed by atoms with Gasteiger partial charge in [0.25, 0.3) is 0 Å². The first-order valence-electron chi connectivity index (χ1n) is 21.3. The van der Waals surface area contributed by atoms with E-state index in [9.17, 15) is 14.2 Å². The van der Waals surface area contributed by atoms with Crippen LogP contribution in [0.25, 0.3) is 0 Å². The van der Waals surface area contributed by atoms with Crippen LogP contribution in [-0.4, -0.2) is 41.0 Å². The van der Waals surface area contributed by atoms with Gasteiger partial charge >= 0.3 is 19.8 Å². The third-order valence-corrected chi connectivity index (χ3v) is 9.62. The van der Waals surface area contributed by atoms with Crippen LogP contribution in [0.5, 0.6) is 0 Å². The minimum absolute atomic E-state index is 0.203. The van der Waals surface area contributed by atoms with Crippen molar-refractivity contribution in [1.29, 1.82) is 0 Å². The number of phosphoric ester groups is 1. The van der Waals surface area contributed by atoms with Gasteiger partial charge in [-0.3, -0.25) is 14.1 Å². The maximum Gasteiger partial charge on any atom is 0.469 e. The molecule has 52 heavy (non-hydrogen) atoms. The minimum atomic E-state index is -4.76. The molecule has 0 spiro atoms. The van der Waals surface area contributed by atoms with Gasteiger partial charge in [-0.1, -0.05) is 159 Å². The lowest BCUT2D eigenvalue weighted by Crippen LogP contribution is -2.29. The van der Waals surface area contributed by atoms with E-state index in [0.29, 0.717) is 6.42 Å². The summed E-state index contributed by atoms with van der Waals surface area (Å²) in [6.45, 7) is 3.66. The molecule has 0 unspecified atom stereocenters. The molecule has 0 aliphatic carbocycles. The Morgan fingerprint density at radius 1 is 0.500 bits per heavy atom. The van der Waals surface area contributed by atoms with Crippen molar-refractivity contribution in [2.24, 2.45) is 0 Å². The molecule has 0 rings (SSSR count). The Bertz CT molecular complexity index is 941. The molecule has 0 bridgehead atoms. The summed E-state index contributed by atoms with van der Waals surface area (Å²) < 4.78 is 26.4. The predicted molar refractivity (Wildman–Crippen MR) is 216 cm³/mol. The van der Waals surface area contributed by atoms with Crippen LogP contribution in [-0.2, 0) is 28.2 Å². The third-order valence-electron chi connectivity index (χ3n) is 9.13. The molecule has 0 aromatic carbocycles. The van der Waals surface area contributed by atoms with Crippen LogP contribution in [0.4, 0.5) is 0 Å². The zero-order valence-electron chi connectivity index (χ0n) is 33.5. The molecule has 0 aromatic heterocycles. The van der Waals surface area contributed by atoms with Crippen molar-refractivity contribution in [2.45, 2.75) is 213 Å². The van der Waals surface area contributed by atoms with Gasteiger partial charge in [-0.2, -0.15) is 0 Å². The summed E-state index contributed by atoms with van der Waals surface area (Å²) in [7, 11) is -4.76. The molecule has 0 fully saturated rings. The van der Waals surface area contributed by atoms with E-state index in [1.54, 1.807) is 0 Å². The Hall–Kier alpha value is -1.73. The average Bonchev–Trinajstić information content (AvgIpc) is 3.11. The van der Waals surface area contributed by atoms with Crippen molar-refractivity contribution in [1.82, 2.24) is 0 Å². The standard InChI is InChI=1S/C43H79O8P/c1-3-5-7-9-11-13-15-17-19-21-23-25-27-29-31-33-35-37-42(44)49-39-41(40-50-52(46,47)48)51-43(45)38-36-34-32-30-28-26-24-22-20-18-16-14-12-10-8-6-4-2/h12,14,17-20,41H,3-11,13,15-16,21-40H2,1-2H3,(H2,46,47,48)/b14-12-,19-17-,20-18-/t41-/m1/s1. The molecule has 2 N–H and O–H groups in total. The van der Waals surface area contributed by atoms with Crippen molar-refractivity contribution < 1.29 is 37.9 Å². The second kappa shape index (κ2) is 39.0. The van der Waals surface area contributed by atoms with Gasteiger partial charge in [-0.25, -0.2) is 4.57 Å². The number of carbonyl (C=O) groups excluding carboxylic acids is 2. The van der Waals surface area contributed by atoms with E-state index < -0.39 is 32.5 Å². The fourth-order valence-electron chi connectivity index (χ4n) is 5.93. The van der Waals surface area contributed by atoms with E-state index in [0.717, 1.165) is 64.2 Å². The molecular formula is C43H79O8P. The topological polar surface area (TPSA) is 119 Å². The van der Waals surface area contributed by atoms with E-state index in [1.807, 2.05) is 0 Å². The second-order valence-electron chi connectivity index (χ2n) is 14.3. The van der Waals surface area contributed by atoms with E-state index in [1.165, 1.54) is 109 Å². The van der Waals surface area contributed by atoms with Gasteiger partial charge in [0.1, 0.15) is 6.61 Å². The smallest absolute Gasteiger partial charge is 0.462 e. The van der Waals surface area contributed by atoms with Gasteiger partial charge in [-0.15, -0.1) is 0 Å². The van der Waals surface area contributed by atoms with Crippen LogP contribution in [0.3, 0.4) is 0 Å². The molecule has 0 aromatic rings. The van der Waals surface area contributed by atoms with Crippen molar-refractivity contribution in [3.05, 3.63) is 36.5 Å². The number of carbonyl (C=O) groups is 2. The number of unbranched alkanes of at least 4 members (excludes halogenated alkanes) is 23. The normalized spacial score (nSPS) is 12.8. The zero-order valence-corrected chi connectivity index (χ0v) is 34.4. The molecule has 0 saturated heterocycles. The first-order chi connectivity index (χ1) is 25.3. The van der Waals surface area contributed by atoms with Crippen LogP contribution < -0.4 is 0 Å². The Kier molecular flexibility index (Phi) is 37.7. The highest BCUT2D eigenvalue weighted by Crippen LogP contribution is 2.36. The van der Waals surface area contributed by atoms with Gasteiger partial charge in [0.15, 0.2) is 6.10 Å². The maximum absolute atomic E-state index is 12.4. The summed E-state index contributed by atoms with van der Waals surface area (Å²) in [5.41, 5.74) is 0. The van der Waals surface area contributed by atoms with Gasteiger partial charge in [-0.05, 0) is 70.6 Å². The van der Waals surface area contributed by atoms with Crippen molar-refractivity contribution >= 4 is 19.8 Å². The quantitative estimate of drug-likeness (QED) is 0.0275. The number of hydrogen-bond donors (Lipinski definition) is 2. The summed E-state index contributed by atoms with van der Waals surface area (Å²) in [5.74, 6) is -0.895. The average molecular weight is 755 g/mol. The number of hydrogen-bond acceptors (Lipinski definition) is 6. The van der Waals surface area contributed by atoms with Crippen molar-refractivity contribution in [2.75, 3.05) is 13.2 Å². The van der Waals surface area contributed by atoms with Crippen molar-refractivity contribution in [3.63, 3.8) is 0 Å². The summed E-state index contributed by atoms with van der Waals surface area (Å²) >= 11 is 0. The Morgan fingerprint density at radius 2 is 0.865 bits per heavy atom. The lowest BCUT2D eigenvalue weighted by atomic mass is 10.1. The van der Waals surface area contributed by atoms with Gasteiger partial charge < -0.3 is 19.3 Å². The minimum Gasteiger partial charge on any atom is -0.462 e. The van der Waals surface area contributed by atoms with Crippen LogP contribution in [0.1, 0.15) is 206 Å². The third kappa shape index (κ3) is 41.0. The number of rotatable bonds is 39. The molecule has 1 atom stereocenters. The Labute approximate surface area is 319 Å². The van der Waals surface area contributed by atoms with Crippen LogP contribution in [0.2, 0.25) is 0 Å². The SMILES string of the molecule is CCCCC/C=C\C/C=C\CCCCCCCCCC(=O)O[C@H](COC(=O)CCCCCCCCC/C=C\CCCCCCCC)COP(=O)(O)O. The molecule has 0 saturated carbocycles. The zero-order chi connectivity index (χ0) is 38.2. The fourth-order valence-corrected chi connectivity index (χ4v) is 6.29. The highest BCUT2D eigenvalue weighted by atomic mass is 31.2. The maximum atomic E-state index is 12.4. The van der Waals surface area contributed by atoms with Crippen molar-refractivity contribution in [3.8, 4) is 0 Å². The monoisotopic (exact) mass is 755 g/mol. The summed E-state index contributed by atoms with van der Waals surface area (Å²) in [6, 6.07) is 0. The fraction of sp³-hybridized carbons (Fsp3) is 0.814. The van der Waals surface area contributed by atoms with Gasteiger partial charge in [0, 0.05) is 12.8 Å². The molecule has 0 amide bonds. The largest absolute Gasteiger partial charge is 0.469 e. The molecule has 0 radical (unpaired) electrons. The van der Waals surface area contributed by atoms with Gasteiger partial charge in [0.05, 0.1) is 6.61 Å². The summed E-state index contributed by atoms with van der Waals surface area (Å²) in [6.07, 6.45) is 45.7. The van der Waals surface area contributed by atoms with Crippen LogP contribution in [0.15, 0.2) is 36.5 Å². The second-order valence-corrected chi connectivity index (χ2v) is 15.5. The number of ether oxygens (including phenoxy) is 2. The molecule has 0 aliphatic rings. The van der Waals surface area contributed by atoms with Crippen LogP contribution >= 0.6 is 7.82 Å². The molecule has 9 heteroatoms. The van der Waals surface area contributed by atoms with Gasteiger partial charge in [0.2, 0.25) is 0 Å². The lowest BCUT2D eigenvalue weighted by Gasteiger charge is -2.18. The number of phosphoric acid groups is 1. The van der Waals surface area contributed by atoms with Crippen LogP contribution in [0, 0.1) is 0 Å². The molecular weight excluding hydrogens is 675 g/mol. The number of allylic oxidation sites excluding steroid dienone is 6. The highest BCUT2D eigenvalue weighted by Gasteiger charge is 2.22. The summed E-state index contributed by atoms with van der Waals surface area (Å²) in [5, 5.41) is 0. The summed E-state index contributed by atoms with van der Waals surface area (Å²) in [4.78, 5) is 42.9. The molecule has 0 heterocycles. The molecule has 304 valence electrons. The van der Waals surface area contributed by atoms with E-state index in [4.69, 9.17) is 19.3 Å². The lowest BCUT2D eigenvalue weighted by molar-refractivity contribution is -0.161. The Morgan fingerprint density at radius 3 is 1.33 bits per heavy atom.